The van der Waals surface area contributed by atoms with E-state index in [2.05, 4.69) is 11.1 Å². The first-order valence-corrected chi connectivity index (χ1v) is 7.80. The SMILES string of the molecule is Nc1ccc2oc(SCC3Cc4ccccc4O3)nc2c1. The molecule has 0 aliphatic carbocycles. The first-order chi connectivity index (χ1) is 10.3. The van der Waals surface area contributed by atoms with E-state index in [1.165, 1.54) is 5.56 Å². The summed E-state index contributed by atoms with van der Waals surface area (Å²) in [4.78, 5) is 4.44. The highest BCUT2D eigenvalue weighted by molar-refractivity contribution is 7.99. The van der Waals surface area contributed by atoms with Crippen LogP contribution in [-0.4, -0.2) is 16.8 Å². The Kier molecular flexibility index (Phi) is 3.00. The Morgan fingerprint density at radius 3 is 3.05 bits per heavy atom. The first kappa shape index (κ1) is 12.6. The molecule has 4 rings (SSSR count). The van der Waals surface area contributed by atoms with Gasteiger partial charge in [-0.25, -0.2) is 4.98 Å². The number of nitrogen functional groups attached to an aromatic ring is 1. The Morgan fingerprint density at radius 2 is 2.14 bits per heavy atom. The average molecular weight is 298 g/mol. The fourth-order valence-electron chi connectivity index (χ4n) is 2.50. The normalized spacial score (nSPS) is 16.9. The molecule has 0 radical (unpaired) electrons. The smallest absolute Gasteiger partial charge is 0.256 e. The number of benzene rings is 2. The van der Waals surface area contributed by atoms with Gasteiger partial charge in [0.25, 0.3) is 5.22 Å². The van der Waals surface area contributed by atoms with Crippen LogP contribution in [0.4, 0.5) is 5.69 Å². The standard InChI is InChI=1S/C16H14N2O2S/c17-11-5-6-15-13(8-11)18-16(20-15)21-9-12-7-10-3-1-2-4-14(10)19-12/h1-6,8,12H,7,9,17H2. The minimum absolute atomic E-state index is 0.174. The molecular weight excluding hydrogens is 284 g/mol. The number of hydrogen-bond acceptors (Lipinski definition) is 5. The fraction of sp³-hybridized carbons (Fsp3) is 0.188. The number of hydrogen-bond donors (Lipinski definition) is 1. The molecule has 0 saturated carbocycles. The number of rotatable bonds is 3. The van der Waals surface area contributed by atoms with Crippen molar-refractivity contribution in [2.75, 3.05) is 11.5 Å². The van der Waals surface area contributed by atoms with Gasteiger partial charge >= 0.3 is 0 Å². The molecule has 1 aromatic heterocycles. The zero-order valence-electron chi connectivity index (χ0n) is 11.3. The first-order valence-electron chi connectivity index (χ1n) is 6.81. The Balaban J connectivity index is 1.45. The number of nitrogens with two attached hydrogens (primary N) is 1. The molecular formula is C16H14N2O2S. The van der Waals surface area contributed by atoms with Crippen molar-refractivity contribution in [2.45, 2.75) is 17.7 Å². The largest absolute Gasteiger partial charge is 0.489 e. The van der Waals surface area contributed by atoms with Crippen molar-refractivity contribution in [1.82, 2.24) is 4.98 Å². The summed E-state index contributed by atoms with van der Waals surface area (Å²) in [7, 11) is 0. The highest BCUT2D eigenvalue weighted by atomic mass is 32.2. The lowest BCUT2D eigenvalue weighted by Crippen LogP contribution is -2.15. The third kappa shape index (κ3) is 2.45. The summed E-state index contributed by atoms with van der Waals surface area (Å²) >= 11 is 1.58. The van der Waals surface area contributed by atoms with Crippen LogP contribution in [0.15, 0.2) is 52.1 Å². The molecule has 2 heterocycles. The van der Waals surface area contributed by atoms with Crippen LogP contribution in [0.1, 0.15) is 5.56 Å². The average Bonchev–Trinajstić information content (AvgIpc) is 3.07. The van der Waals surface area contributed by atoms with E-state index in [-0.39, 0.29) is 6.10 Å². The quantitative estimate of drug-likeness (QED) is 0.592. The second-order valence-corrected chi connectivity index (χ2v) is 6.04. The summed E-state index contributed by atoms with van der Waals surface area (Å²) in [6.45, 7) is 0. The van der Waals surface area contributed by atoms with Crippen LogP contribution in [-0.2, 0) is 6.42 Å². The van der Waals surface area contributed by atoms with E-state index in [0.717, 1.165) is 29.0 Å². The third-order valence-electron chi connectivity index (χ3n) is 3.50. The molecule has 21 heavy (non-hydrogen) atoms. The Bertz CT molecular complexity index is 775. The second kappa shape index (κ2) is 5.00. The van der Waals surface area contributed by atoms with Gasteiger partial charge in [0.1, 0.15) is 17.4 Å². The minimum Gasteiger partial charge on any atom is -0.489 e. The molecule has 4 nitrogen and oxygen atoms in total. The van der Waals surface area contributed by atoms with Gasteiger partial charge in [0.05, 0.1) is 0 Å². The molecule has 0 fully saturated rings. The third-order valence-corrected chi connectivity index (χ3v) is 4.46. The summed E-state index contributed by atoms with van der Waals surface area (Å²) in [6.07, 6.45) is 1.11. The monoisotopic (exact) mass is 298 g/mol. The van der Waals surface area contributed by atoms with Crippen molar-refractivity contribution in [3.63, 3.8) is 0 Å². The van der Waals surface area contributed by atoms with E-state index in [1.807, 2.05) is 36.4 Å². The maximum atomic E-state index is 5.91. The Labute approximate surface area is 126 Å². The van der Waals surface area contributed by atoms with Crippen LogP contribution in [0.3, 0.4) is 0 Å². The number of ether oxygens (including phenoxy) is 1. The van der Waals surface area contributed by atoms with E-state index >= 15 is 0 Å². The molecule has 1 aliphatic heterocycles. The van der Waals surface area contributed by atoms with Gasteiger partial charge in [-0.05, 0) is 29.8 Å². The summed E-state index contributed by atoms with van der Waals surface area (Å²) in [6, 6.07) is 13.7. The number of thioether (sulfide) groups is 1. The lowest BCUT2D eigenvalue weighted by Gasteiger charge is -2.07. The molecule has 0 spiro atoms. The van der Waals surface area contributed by atoms with Crippen LogP contribution in [0, 0.1) is 0 Å². The van der Waals surface area contributed by atoms with Gasteiger partial charge in [-0.1, -0.05) is 30.0 Å². The molecule has 3 aromatic rings. The highest BCUT2D eigenvalue weighted by Crippen LogP contribution is 2.32. The van der Waals surface area contributed by atoms with Gasteiger partial charge in [-0.2, -0.15) is 0 Å². The molecule has 1 unspecified atom stereocenters. The van der Waals surface area contributed by atoms with E-state index < -0.39 is 0 Å². The van der Waals surface area contributed by atoms with Gasteiger partial charge in [-0.15, -0.1) is 0 Å². The molecule has 1 atom stereocenters. The number of oxazole rings is 1. The Morgan fingerprint density at radius 1 is 1.24 bits per heavy atom. The zero-order valence-corrected chi connectivity index (χ0v) is 12.1. The van der Waals surface area contributed by atoms with E-state index in [9.17, 15) is 0 Å². The van der Waals surface area contributed by atoms with E-state index in [4.69, 9.17) is 14.9 Å². The predicted octanol–water partition coefficient (Wildman–Crippen LogP) is 3.51. The Hall–Kier alpha value is -2.14. The van der Waals surface area contributed by atoms with Crippen LogP contribution in [0.5, 0.6) is 5.75 Å². The van der Waals surface area contributed by atoms with Crippen LogP contribution >= 0.6 is 11.8 Å². The maximum Gasteiger partial charge on any atom is 0.256 e. The number of para-hydroxylation sites is 1. The van der Waals surface area contributed by atoms with Crippen molar-refractivity contribution >= 4 is 28.5 Å². The summed E-state index contributed by atoms with van der Waals surface area (Å²) in [5, 5.41) is 0.662. The number of anilines is 1. The summed E-state index contributed by atoms with van der Waals surface area (Å²) < 4.78 is 11.6. The van der Waals surface area contributed by atoms with Crippen molar-refractivity contribution in [2.24, 2.45) is 0 Å². The molecule has 0 saturated heterocycles. The molecule has 2 N–H and O–H groups in total. The van der Waals surface area contributed by atoms with Crippen molar-refractivity contribution in [3.8, 4) is 5.75 Å². The number of nitrogens with zero attached hydrogens (tertiary/aromatic N) is 1. The summed E-state index contributed by atoms with van der Waals surface area (Å²) in [5.74, 6) is 1.81. The lowest BCUT2D eigenvalue weighted by atomic mass is 10.1. The van der Waals surface area contributed by atoms with Gasteiger partial charge in [0.2, 0.25) is 0 Å². The maximum absolute atomic E-state index is 5.91. The zero-order chi connectivity index (χ0) is 14.2. The molecule has 5 heteroatoms. The molecule has 0 amide bonds. The van der Waals surface area contributed by atoms with Gasteiger partial charge < -0.3 is 14.9 Å². The number of aromatic nitrogens is 1. The highest BCUT2D eigenvalue weighted by Gasteiger charge is 2.23. The van der Waals surface area contributed by atoms with Crippen LogP contribution in [0.25, 0.3) is 11.1 Å². The van der Waals surface area contributed by atoms with Crippen molar-refractivity contribution < 1.29 is 9.15 Å². The second-order valence-electron chi connectivity index (χ2n) is 5.07. The van der Waals surface area contributed by atoms with Gasteiger partial charge in [0.15, 0.2) is 5.58 Å². The van der Waals surface area contributed by atoms with Crippen molar-refractivity contribution in [1.29, 1.82) is 0 Å². The van der Waals surface area contributed by atoms with Crippen molar-refractivity contribution in [3.05, 3.63) is 48.0 Å². The molecule has 0 bridgehead atoms. The van der Waals surface area contributed by atoms with Gasteiger partial charge in [-0.3, -0.25) is 0 Å². The number of fused-ring (bicyclic) bond motifs is 2. The molecule has 1 aliphatic rings. The van der Waals surface area contributed by atoms with Crippen LogP contribution in [0.2, 0.25) is 0 Å². The van der Waals surface area contributed by atoms with E-state index in [0.29, 0.717) is 10.9 Å². The van der Waals surface area contributed by atoms with Crippen LogP contribution < -0.4 is 10.5 Å². The van der Waals surface area contributed by atoms with Gasteiger partial charge in [0, 0.05) is 17.9 Å². The molecule has 106 valence electrons. The fourth-order valence-corrected chi connectivity index (χ4v) is 3.32. The topological polar surface area (TPSA) is 61.3 Å². The van der Waals surface area contributed by atoms with E-state index in [1.54, 1.807) is 11.8 Å². The summed E-state index contributed by atoms with van der Waals surface area (Å²) in [5.41, 5.74) is 9.28. The lowest BCUT2D eigenvalue weighted by molar-refractivity contribution is 0.259. The predicted molar refractivity (Wildman–Crippen MR) is 83.7 cm³/mol. The minimum atomic E-state index is 0.174. The molecule has 2 aromatic carbocycles.